The molecule has 4 heteroatoms. The molecule has 1 unspecified atom stereocenters. The number of oxazole rings is 1. The molecule has 84 valence electrons. The third-order valence-corrected chi connectivity index (χ3v) is 2.42. The Hall–Kier alpha value is -0.870. The predicted octanol–water partition coefficient (Wildman–Crippen LogP) is 1.53. The first-order valence-corrected chi connectivity index (χ1v) is 5.51. The second-order valence-electron chi connectivity index (χ2n) is 4.34. The molecule has 0 aromatic carbocycles. The predicted molar refractivity (Wildman–Crippen MR) is 56.6 cm³/mol. The summed E-state index contributed by atoms with van der Waals surface area (Å²) < 4.78 is 11.1. The van der Waals surface area contributed by atoms with E-state index in [-0.39, 0.29) is 6.04 Å². The van der Waals surface area contributed by atoms with Gasteiger partial charge >= 0.3 is 0 Å². The first kappa shape index (κ1) is 10.6. The van der Waals surface area contributed by atoms with Crippen LogP contribution in [0.3, 0.4) is 0 Å². The number of nitrogens with one attached hydrogen (secondary N) is 1. The van der Waals surface area contributed by atoms with Crippen LogP contribution in [0, 0.1) is 5.92 Å². The van der Waals surface area contributed by atoms with Gasteiger partial charge < -0.3 is 14.5 Å². The Morgan fingerprint density at radius 3 is 3.13 bits per heavy atom. The van der Waals surface area contributed by atoms with Gasteiger partial charge in [-0.05, 0) is 5.92 Å². The number of ether oxygens (including phenoxy) is 1. The topological polar surface area (TPSA) is 47.3 Å². The molecule has 1 aromatic heterocycles. The van der Waals surface area contributed by atoms with Crippen LogP contribution in [-0.4, -0.2) is 24.7 Å². The summed E-state index contributed by atoms with van der Waals surface area (Å²) in [7, 11) is 0. The van der Waals surface area contributed by atoms with Crippen molar-refractivity contribution in [3.05, 3.63) is 17.8 Å². The molecule has 1 fully saturated rings. The minimum Gasteiger partial charge on any atom is -0.444 e. The van der Waals surface area contributed by atoms with Crippen LogP contribution in [0.2, 0.25) is 0 Å². The fourth-order valence-corrected chi connectivity index (χ4v) is 1.68. The summed E-state index contributed by atoms with van der Waals surface area (Å²) in [6.45, 7) is 6.66. The zero-order valence-electron chi connectivity index (χ0n) is 9.32. The summed E-state index contributed by atoms with van der Waals surface area (Å²) in [5.41, 5.74) is 0. The van der Waals surface area contributed by atoms with Crippen molar-refractivity contribution in [2.24, 2.45) is 5.92 Å². The van der Waals surface area contributed by atoms with Gasteiger partial charge in [-0.1, -0.05) is 13.8 Å². The SMILES string of the molecule is CC(C)Cc1ncc(C2COCCN2)o1. The number of hydrogen-bond donors (Lipinski definition) is 1. The van der Waals surface area contributed by atoms with Gasteiger partial charge in [0.1, 0.15) is 5.76 Å². The highest BCUT2D eigenvalue weighted by atomic mass is 16.5. The normalized spacial score (nSPS) is 22.2. The summed E-state index contributed by atoms with van der Waals surface area (Å²) in [6, 6.07) is 0.173. The molecule has 0 aliphatic carbocycles. The fraction of sp³-hybridized carbons (Fsp3) is 0.727. The van der Waals surface area contributed by atoms with Gasteiger partial charge in [0.25, 0.3) is 0 Å². The molecular formula is C11H18N2O2. The van der Waals surface area contributed by atoms with E-state index in [9.17, 15) is 0 Å². The van der Waals surface area contributed by atoms with Gasteiger partial charge in [-0.15, -0.1) is 0 Å². The Morgan fingerprint density at radius 2 is 2.47 bits per heavy atom. The molecule has 0 bridgehead atoms. The van der Waals surface area contributed by atoms with E-state index in [0.29, 0.717) is 12.5 Å². The summed E-state index contributed by atoms with van der Waals surface area (Å²) in [6.07, 6.45) is 2.71. The molecule has 4 nitrogen and oxygen atoms in total. The minimum absolute atomic E-state index is 0.173. The first-order valence-electron chi connectivity index (χ1n) is 5.51. The largest absolute Gasteiger partial charge is 0.444 e. The van der Waals surface area contributed by atoms with E-state index in [1.165, 1.54) is 0 Å². The highest BCUT2D eigenvalue weighted by molar-refractivity contribution is 5.02. The van der Waals surface area contributed by atoms with Crippen molar-refractivity contribution in [3.63, 3.8) is 0 Å². The molecule has 1 aliphatic rings. The lowest BCUT2D eigenvalue weighted by molar-refractivity contribution is 0.0694. The zero-order valence-corrected chi connectivity index (χ0v) is 9.32. The molecule has 15 heavy (non-hydrogen) atoms. The molecular weight excluding hydrogens is 192 g/mol. The Bertz CT molecular complexity index is 303. The van der Waals surface area contributed by atoms with E-state index >= 15 is 0 Å². The van der Waals surface area contributed by atoms with E-state index in [0.717, 1.165) is 31.2 Å². The number of aromatic nitrogens is 1. The van der Waals surface area contributed by atoms with Crippen molar-refractivity contribution in [1.82, 2.24) is 10.3 Å². The molecule has 1 atom stereocenters. The Labute approximate surface area is 90.0 Å². The van der Waals surface area contributed by atoms with Crippen LogP contribution >= 0.6 is 0 Å². The highest BCUT2D eigenvalue weighted by Gasteiger charge is 2.19. The molecule has 2 heterocycles. The molecule has 0 amide bonds. The lowest BCUT2D eigenvalue weighted by Gasteiger charge is -2.21. The van der Waals surface area contributed by atoms with Gasteiger partial charge in [0.05, 0.1) is 25.5 Å². The summed E-state index contributed by atoms with van der Waals surface area (Å²) in [5, 5.41) is 3.34. The Balaban J connectivity index is 1.99. The quantitative estimate of drug-likeness (QED) is 0.822. The smallest absolute Gasteiger partial charge is 0.194 e. The fourth-order valence-electron chi connectivity index (χ4n) is 1.68. The highest BCUT2D eigenvalue weighted by Crippen LogP contribution is 2.18. The zero-order chi connectivity index (χ0) is 10.7. The van der Waals surface area contributed by atoms with Gasteiger partial charge in [0, 0.05) is 13.0 Å². The maximum absolute atomic E-state index is 5.68. The van der Waals surface area contributed by atoms with Crippen LogP contribution in [0.25, 0.3) is 0 Å². The summed E-state index contributed by atoms with van der Waals surface area (Å²) in [5.74, 6) is 2.30. The van der Waals surface area contributed by atoms with Crippen LogP contribution in [0.15, 0.2) is 10.6 Å². The van der Waals surface area contributed by atoms with Gasteiger partial charge in [0.2, 0.25) is 0 Å². The second-order valence-corrected chi connectivity index (χ2v) is 4.34. The second kappa shape index (κ2) is 4.77. The molecule has 0 saturated carbocycles. The maximum Gasteiger partial charge on any atom is 0.194 e. The van der Waals surface area contributed by atoms with E-state index in [2.05, 4.69) is 24.1 Å². The van der Waals surface area contributed by atoms with E-state index in [1.807, 2.05) is 6.20 Å². The lowest BCUT2D eigenvalue weighted by Crippen LogP contribution is -2.34. The van der Waals surface area contributed by atoms with Gasteiger partial charge in [-0.3, -0.25) is 0 Å². The van der Waals surface area contributed by atoms with Crippen molar-refractivity contribution in [2.45, 2.75) is 26.3 Å². The van der Waals surface area contributed by atoms with E-state index in [4.69, 9.17) is 9.15 Å². The molecule has 2 rings (SSSR count). The van der Waals surface area contributed by atoms with Crippen LogP contribution in [0.5, 0.6) is 0 Å². The van der Waals surface area contributed by atoms with Gasteiger partial charge in [-0.2, -0.15) is 0 Å². The average Bonchev–Trinajstić information content (AvgIpc) is 2.67. The minimum atomic E-state index is 0.173. The van der Waals surface area contributed by atoms with Crippen molar-refractivity contribution < 1.29 is 9.15 Å². The molecule has 1 aromatic rings. The van der Waals surface area contributed by atoms with Crippen molar-refractivity contribution in [3.8, 4) is 0 Å². The number of morpholine rings is 1. The lowest BCUT2D eigenvalue weighted by atomic mass is 10.1. The average molecular weight is 210 g/mol. The van der Waals surface area contributed by atoms with Crippen LogP contribution in [0.4, 0.5) is 0 Å². The number of hydrogen-bond acceptors (Lipinski definition) is 4. The third-order valence-electron chi connectivity index (χ3n) is 2.42. The summed E-state index contributed by atoms with van der Waals surface area (Å²) in [4.78, 5) is 4.27. The molecule has 0 spiro atoms. The summed E-state index contributed by atoms with van der Waals surface area (Å²) >= 11 is 0. The number of nitrogens with zero attached hydrogens (tertiary/aromatic N) is 1. The van der Waals surface area contributed by atoms with Crippen LogP contribution < -0.4 is 5.32 Å². The van der Waals surface area contributed by atoms with Crippen molar-refractivity contribution in [1.29, 1.82) is 0 Å². The van der Waals surface area contributed by atoms with Gasteiger partial charge in [0.15, 0.2) is 5.89 Å². The standard InChI is InChI=1S/C11H18N2O2/c1-8(2)5-11-13-6-10(15-11)9-7-14-4-3-12-9/h6,8-9,12H,3-5,7H2,1-2H3. The molecule has 1 saturated heterocycles. The van der Waals surface area contributed by atoms with Crippen LogP contribution in [-0.2, 0) is 11.2 Å². The van der Waals surface area contributed by atoms with Gasteiger partial charge in [-0.25, -0.2) is 4.98 Å². The Kier molecular flexibility index (Phi) is 3.38. The first-order chi connectivity index (χ1) is 7.25. The van der Waals surface area contributed by atoms with Crippen LogP contribution in [0.1, 0.15) is 31.5 Å². The van der Waals surface area contributed by atoms with E-state index < -0.39 is 0 Å². The van der Waals surface area contributed by atoms with Crippen molar-refractivity contribution in [2.75, 3.05) is 19.8 Å². The molecule has 1 N–H and O–H groups in total. The maximum atomic E-state index is 5.68. The monoisotopic (exact) mass is 210 g/mol. The third kappa shape index (κ3) is 2.79. The number of rotatable bonds is 3. The molecule has 0 radical (unpaired) electrons. The van der Waals surface area contributed by atoms with Crippen molar-refractivity contribution >= 4 is 0 Å². The van der Waals surface area contributed by atoms with E-state index in [1.54, 1.807) is 0 Å². The Morgan fingerprint density at radius 1 is 1.60 bits per heavy atom. The molecule has 1 aliphatic heterocycles.